The van der Waals surface area contributed by atoms with Crippen molar-refractivity contribution in [2.45, 2.75) is 25.1 Å². The molecule has 0 aliphatic heterocycles. The number of benzene rings is 1. The predicted octanol–water partition coefficient (Wildman–Crippen LogP) is 3.84. The van der Waals surface area contributed by atoms with E-state index in [9.17, 15) is 13.6 Å². The number of nitrogens with one attached hydrogen (secondary N) is 2. The van der Waals surface area contributed by atoms with Gasteiger partial charge in [0, 0.05) is 39.6 Å². The van der Waals surface area contributed by atoms with E-state index in [1.807, 2.05) is 60.2 Å². The number of halogens is 3. The zero-order chi connectivity index (χ0) is 15.2. The maximum atomic E-state index is 12.5. The van der Waals surface area contributed by atoms with E-state index >= 15 is 0 Å². The average Bonchev–Trinajstić information content (AvgIpc) is 2.83. The first-order valence-corrected chi connectivity index (χ1v) is 7.18. The summed E-state index contributed by atoms with van der Waals surface area (Å²) in [5.41, 5.74) is 1.98. The van der Waals surface area contributed by atoms with Crippen LogP contribution in [0.4, 0.5) is 8.78 Å². The number of fused-ring (bicyclic) bond motifs is 1. The van der Waals surface area contributed by atoms with Crippen molar-refractivity contribution < 1.29 is 13.6 Å². The molecule has 0 radical (unpaired) electrons. The second kappa shape index (κ2) is 7.38. The number of para-hydroxylation sites is 1. The molecule has 0 spiro atoms. The van der Waals surface area contributed by atoms with Gasteiger partial charge in [0.15, 0.2) is 0 Å². The predicted molar refractivity (Wildman–Crippen MR) is 80.2 cm³/mol. The summed E-state index contributed by atoms with van der Waals surface area (Å²) in [7, 11) is 0. The van der Waals surface area contributed by atoms with Crippen LogP contribution in [-0.4, -0.2) is 22.3 Å². The number of H-pyrrole nitrogens is 1. The molecule has 0 saturated heterocycles. The highest BCUT2D eigenvalue weighted by Gasteiger charge is 2.34. The molecule has 3 nitrogen and oxygen atoms in total. The minimum atomic E-state index is -3.51. The summed E-state index contributed by atoms with van der Waals surface area (Å²) >= 11 is 2.01. The van der Waals surface area contributed by atoms with Crippen LogP contribution >= 0.6 is 15.9 Å². The Morgan fingerprint density at radius 3 is 2.65 bits per heavy atom. The zero-order valence-corrected chi connectivity index (χ0v) is 12.9. The van der Waals surface area contributed by atoms with Crippen molar-refractivity contribution in [3.63, 3.8) is 0 Å². The van der Waals surface area contributed by atoms with Crippen LogP contribution in [0.2, 0.25) is 0 Å². The fourth-order valence-corrected chi connectivity index (χ4v) is 1.89. The molecule has 110 valence electrons. The van der Waals surface area contributed by atoms with Crippen molar-refractivity contribution in [2.24, 2.45) is 0 Å². The van der Waals surface area contributed by atoms with Gasteiger partial charge in [0.05, 0.1) is 0 Å². The molecule has 20 heavy (non-hydrogen) atoms. The van der Waals surface area contributed by atoms with Crippen molar-refractivity contribution in [3.05, 3.63) is 36.0 Å². The van der Waals surface area contributed by atoms with Crippen molar-refractivity contribution in [3.8, 4) is 0 Å². The van der Waals surface area contributed by atoms with E-state index in [1.165, 1.54) is 0 Å². The Bertz CT molecular complexity index is 564. The number of amides is 1. The van der Waals surface area contributed by atoms with E-state index in [4.69, 9.17) is 0 Å². The molecule has 1 aromatic heterocycles. The Morgan fingerprint density at radius 1 is 1.35 bits per heavy atom. The van der Waals surface area contributed by atoms with E-state index < -0.39 is 10.7 Å². The van der Waals surface area contributed by atoms with E-state index in [2.05, 4.69) is 10.3 Å². The molecule has 2 rings (SSSR count). The number of carbonyl (C=O) groups excluding carboxylic acids is 1. The Morgan fingerprint density at radius 2 is 2.00 bits per heavy atom. The van der Waals surface area contributed by atoms with Crippen molar-refractivity contribution in [2.75, 3.05) is 6.54 Å². The maximum Gasteiger partial charge on any atom is 0.377 e. The molecule has 0 aliphatic carbocycles. The molecule has 0 unspecified atom stereocenters. The molecule has 0 aliphatic rings. The molecular formula is C14H17BrF2N2O. The Kier molecular flexibility index (Phi) is 6.13. The molecule has 0 fully saturated rings. The maximum absolute atomic E-state index is 12.5. The molecule has 0 atom stereocenters. The summed E-state index contributed by atoms with van der Waals surface area (Å²) in [6, 6.07) is 7.70. The third-order valence-corrected chi connectivity index (χ3v) is 2.97. The number of alkyl halides is 3. The summed E-state index contributed by atoms with van der Waals surface area (Å²) in [5.74, 6) is -1.32. The van der Waals surface area contributed by atoms with E-state index in [-0.39, 0.29) is 6.54 Å². The largest absolute Gasteiger partial charge is 0.377 e. The average molecular weight is 347 g/mol. The van der Waals surface area contributed by atoms with Gasteiger partial charge in [0.2, 0.25) is 0 Å². The summed E-state index contributed by atoms with van der Waals surface area (Å²) in [6.45, 7) is 4.17. The van der Waals surface area contributed by atoms with Crippen LogP contribution < -0.4 is 5.32 Å². The van der Waals surface area contributed by atoms with Gasteiger partial charge < -0.3 is 10.3 Å². The number of aromatic nitrogens is 1. The minimum Gasteiger partial charge on any atom is -0.361 e. The quantitative estimate of drug-likeness (QED) is 0.811. The number of rotatable bonds is 4. The highest BCUT2D eigenvalue weighted by molar-refractivity contribution is 9.10. The molecule has 1 amide bonds. The molecule has 1 heterocycles. The summed E-state index contributed by atoms with van der Waals surface area (Å²) < 4.78 is 25.1. The Balaban J connectivity index is 0.000000956. The highest BCUT2D eigenvalue weighted by atomic mass is 79.9. The van der Waals surface area contributed by atoms with Crippen LogP contribution in [0.3, 0.4) is 0 Å². The topological polar surface area (TPSA) is 44.9 Å². The monoisotopic (exact) mass is 346 g/mol. The van der Waals surface area contributed by atoms with Crippen molar-refractivity contribution in [1.82, 2.24) is 10.3 Å². The normalized spacial score (nSPS) is 10.8. The molecule has 0 bridgehead atoms. The van der Waals surface area contributed by atoms with Gasteiger partial charge in [-0.15, -0.1) is 0 Å². The number of carbonyl (C=O) groups is 1. The molecular weight excluding hydrogens is 330 g/mol. The van der Waals surface area contributed by atoms with Crippen LogP contribution in [-0.2, 0) is 11.2 Å². The molecule has 2 aromatic rings. The van der Waals surface area contributed by atoms with Gasteiger partial charge in [-0.05, 0) is 18.1 Å². The van der Waals surface area contributed by atoms with Crippen LogP contribution in [0.5, 0.6) is 0 Å². The highest BCUT2D eigenvalue weighted by Crippen LogP contribution is 2.21. The van der Waals surface area contributed by atoms with Gasteiger partial charge in [-0.25, -0.2) is 0 Å². The van der Waals surface area contributed by atoms with Gasteiger partial charge in [0.1, 0.15) is 0 Å². The lowest BCUT2D eigenvalue weighted by atomic mass is 10.1. The van der Waals surface area contributed by atoms with Gasteiger partial charge in [-0.1, -0.05) is 32.0 Å². The van der Waals surface area contributed by atoms with Gasteiger partial charge in [-0.2, -0.15) is 8.78 Å². The van der Waals surface area contributed by atoms with Crippen molar-refractivity contribution in [1.29, 1.82) is 0 Å². The van der Waals surface area contributed by atoms with Crippen LogP contribution in [0.1, 0.15) is 19.4 Å². The second-order valence-corrected chi connectivity index (χ2v) is 4.86. The Labute approximate surface area is 124 Å². The molecule has 2 N–H and O–H groups in total. The minimum absolute atomic E-state index is 0.169. The summed E-state index contributed by atoms with van der Waals surface area (Å²) in [6.07, 6.45) is 2.32. The first-order chi connectivity index (χ1) is 9.48. The summed E-state index contributed by atoms with van der Waals surface area (Å²) in [5, 5.41) is 3.22. The van der Waals surface area contributed by atoms with E-state index in [1.54, 1.807) is 0 Å². The van der Waals surface area contributed by atoms with Crippen LogP contribution in [0, 0.1) is 0 Å². The second-order valence-electron chi connectivity index (χ2n) is 3.86. The first-order valence-electron chi connectivity index (χ1n) is 6.38. The molecule has 0 saturated carbocycles. The Hall–Kier alpha value is -1.43. The van der Waals surface area contributed by atoms with Crippen LogP contribution in [0.25, 0.3) is 10.9 Å². The van der Waals surface area contributed by atoms with Gasteiger partial charge in [-0.3, -0.25) is 4.79 Å². The third kappa shape index (κ3) is 4.30. The number of hydrogen-bond donors (Lipinski definition) is 2. The first kappa shape index (κ1) is 16.6. The number of hydrogen-bond acceptors (Lipinski definition) is 1. The number of aromatic amines is 1. The fourth-order valence-electron chi connectivity index (χ4n) is 1.75. The molecule has 6 heteroatoms. The van der Waals surface area contributed by atoms with Gasteiger partial charge >= 0.3 is 10.7 Å². The fraction of sp³-hybridized carbons (Fsp3) is 0.357. The molecule has 1 aromatic carbocycles. The van der Waals surface area contributed by atoms with E-state index in [0.29, 0.717) is 6.42 Å². The SMILES string of the molecule is CC.O=C(NCCc1c[nH]c2ccccc12)C(F)(F)Br. The van der Waals surface area contributed by atoms with Crippen LogP contribution in [0.15, 0.2) is 30.5 Å². The lowest BCUT2D eigenvalue weighted by Gasteiger charge is -2.08. The lowest BCUT2D eigenvalue weighted by molar-refractivity contribution is -0.134. The standard InChI is InChI=1S/C12H11BrF2N2O.C2H6/c13-12(14,15)11(18)16-6-5-8-7-17-10-4-2-1-3-9(8)10;1-2/h1-4,7,17H,5-6H2,(H,16,18);1-2H3. The summed E-state index contributed by atoms with van der Waals surface area (Å²) in [4.78, 5) is 10.5. The van der Waals surface area contributed by atoms with E-state index in [0.717, 1.165) is 16.5 Å². The lowest BCUT2D eigenvalue weighted by Crippen LogP contribution is -2.36. The third-order valence-electron chi connectivity index (χ3n) is 2.61. The smallest absolute Gasteiger partial charge is 0.361 e. The van der Waals surface area contributed by atoms with Crippen molar-refractivity contribution >= 4 is 32.7 Å². The van der Waals surface area contributed by atoms with Gasteiger partial charge in [0.25, 0.3) is 0 Å². The zero-order valence-electron chi connectivity index (χ0n) is 11.3.